The van der Waals surface area contributed by atoms with Crippen molar-refractivity contribution in [3.05, 3.63) is 35.4 Å². The van der Waals surface area contributed by atoms with Gasteiger partial charge in [0.25, 0.3) is 0 Å². The Kier molecular flexibility index (Phi) is 6.10. The van der Waals surface area contributed by atoms with Gasteiger partial charge in [0.1, 0.15) is 5.38 Å². The lowest BCUT2D eigenvalue weighted by Crippen LogP contribution is -2.72. The quantitative estimate of drug-likeness (QED) is 0.408. The summed E-state index contributed by atoms with van der Waals surface area (Å²) >= 11 is 6.53. The molecule has 1 fully saturated rings. The molecule has 3 nitrogen and oxygen atoms in total. The highest BCUT2D eigenvalue weighted by Gasteiger charge is 2.61. The van der Waals surface area contributed by atoms with Crippen LogP contribution in [0.25, 0.3) is 0 Å². The van der Waals surface area contributed by atoms with E-state index in [9.17, 15) is 4.79 Å². The molecule has 1 heterocycles. The number of nitrogens with zero attached hydrogens (tertiary/aromatic N) is 1. The van der Waals surface area contributed by atoms with Crippen LogP contribution in [0.15, 0.2) is 24.3 Å². The Morgan fingerprint density at radius 1 is 1.26 bits per heavy atom. The zero-order valence-electron chi connectivity index (χ0n) is 14.6. The molecule has 0 aliphatic carbocycles. The summed E-state index contributed by atoms with van der Waals surface area (Å²) in [5.74, 6) is 0.249. The Labute approximate surface area is 145 Å². The van der Waals surface area contributed by atoms with Crippen molar-refractivity contribution >= 4 is 17.5 Å². The third-order valence-electron chi connectivity index (χ3n) is 4.81. The molecule has 0 N–H and O–H groups in total. The molecular formula is C19H28ClNO2. The van der Waals surface area contributed by atoms with Gasteiger partial charge in [-0.05, 0) is 30.4 Å². The van der Waals surface area contributed by atoms with Crippen LogP contribution in [-0.2, 0) is 21.5 Å². The SMILES string of the molecule is CCCc1ccc(C2(C(C)C)C(Cl)C(=O)N2CCOCC)cc1. The van der Waals surface area contributed by atoms with Crippen molar-refractivity contribution < 1.29 is 9.53 Å². The Morgan fingerprint density at radius 2 is 1.91 bits per heavy atom. The van der Waals surface area contributed by atoms with E-state index < -0.39 is 10.9 Å². The van der Waals surface area contributed by atoms with E-state index >= 15 is 0 Å². The minimum atomic E-state index is -0.499. The first-order valence-corrected chi connectivity index (χ1v) is 9.06. The first-order valence-electron chi connectivity index (χ1n) is 8.62. The molecule has 2 unspecified atom stereocenters. The maximum Gasteiger partial charge on any atom is 0.244 e. The largest absolute Gasteiger partial charge is 0.380 e. The summed E-state index contributed by atoms with van der Waals surface area (Å²) in [5.41, 5.74) is 2.02. The zero-order valence-corrected chi connectivity index (χ0v) is 15.4. The van der Waals surface area contributed by atoms with Crippen molar-refractivity contribution in [2.24, 2.45) is 5.92 Å². The van der Waals surface area contributed by atoms with Crippen LogP contribution in [0.4, 0.5) is 0 Å². The Balaban J connectivity index is 2.31. The summed E-state index contributed by atoms with van der Waals surface area (Å²) in [6.45, 7) is 10.2. The van der Waals surface area contributed by atoms with Crippen molar-refractivity contribution in [2.75, 3.05) is 19.8 Å². The fourth-order valence-corrected chi connectivity index (χ4v) is 4.25. The fourth-order valence-electron chi connectivity index (χ4n) is 3.64. The van der Waals surface area contributed by atoms with Gasteiger partial charge in [0.15, 0.2) is 0 Å². The minimum Gasteiger partial charge on any atom is -0.380 e. The van der Waals surface area contributed by atoms with Crippen molar-refractivity contribution in [1.82, 2.24) is 4.90 Å². The normalized spacial score (nSPS) is 24.2. The second kappa shape index (κ2) is 7.67. The van der Waals surface area contributed by atoms with Crippen LogP contribution in [0, 0.1) is 5.92 Å². The number of amides is 1. The third-order valence-corrected chi connectivity index (χ3v) is 5.33. The minimum absolute atomic E-state index is 0.0118. The lowest BCUT2D eigenvalue weighted by Gasteiger charge is -2.58. The van der Waals surface area contributed by atoms with Gasteiger partial charge in [0.05, 0.1) is 12.1 Å². The number of carbonyl (C=O) groups excluding carboxylic acids is 1. The van der Waals surface area contributed by atoms with Gasteiger partial charge < -0.3 is 9.64 Å². The summed E-state index contributed by atoms with van der Waals surface area (Å²) in [4.78, 5) is 14.3. The lowest BCUT2D eigenvalue weighted by atomic mass is 9.69. The average molecular weight is 338 g/mol. The third kappa shape index (κ3) is 3.14. The van der Waals surface area contributed by atoms with Gasteiger partial charge in [0.2, 0.25) is 5.91 Å². The maximum absolute atomic E-state index is 12.4. The van der Waals surface area contributed by atoms with Crippen LogP contribution in [0.3, 0.4) is 0 Å². The highest BCUT2D eigenvalue weighted by atomic mass is 35.5. The standard InChI is InChI=1S/C19H28ClNO2/c1-5-7-15-8-10-16(11-9-15)19(14(3)4)17(20)18(22)21(19)12-13-23-6-2/h8-11,14,17H,5-7,12-13H2,1-4H3. The van der Waals surface area contributed by atoms with Crippen LogP contribution in [0.1, 0.15) is 45.2 Å². The monoisotopic (exact) mass is 337 g/mol. The lowest BCUT2D eigenvalue weighted by molar-refractivity contribution is -0.163. The van der Waals surface area contributed by atoms with Crippen molar-refractivity contribution in [3.8, 4) is 0 Å². The summed E-state index contributed by atoms with van der Waals surface area (Å²) < 4.78 is 5.45. The van der Waals surface area contributed by atoms with E-state index in [2.05, 4.69) is 45.0 Å². The molecule has 2 atom stereocenters. The molecule has 4 heteroatoms. The Morgan fingerprint density at radius 3 is 2.43 bits per heavy atom. The number of hydrogen-bond donors (Lipinski definition) is 0. The number of halogens is 1. The number of benzene rings is 1. The van der Waals surface area contributed by atoms with Crippen molar-refractivity contribution in [3.63, 3.8) is 0 Å². The van der Waals surface area contributed by atoms with Gasteiger partial charge >= 0.3 is 0 Å². The summed E-state index contributed by atoms with van der Waals surface area (Å²) in [7, 11) is 0. The summed E-state index contributed by atoms with van der Waals surface area (Å²) in [6, 6.07) is 8.60. The zero-order chi connectivity index (χ0) is 17.0. The van der Waals surface area contributed by atoms with Crippen LogP contribution in [0.2, 0.25) is 0 Å². The number of likely N-dealkylation sites (tertiary alicyclic amines) is 1. The number of β-lactam (4-membered cyclic amide) rings is 1. The van der Waals surface area contributed by atoms with Crippen LogP contribution < -0.4 is 0 Å². The van der Waals surface area contributed by atoms with Gasteiger partial charge in [-0.3, -0.25) is 4.79 Å². The van der Waals surface area contributed by atoms with E-state index in [4.69, 9.17) is 16.3 Å². The number of alkyl halides is 1. The van der Waals surface area contributed by atoms with Gasteiger partial charge in [-0.15, -0.1) is 11.6 Å². The molecule has 1 aliphatic heterocycles. The molecule has 0 saturated carbocycles. The van der Waals surface area contributed by atoms with E-state index in [1.165, 1.54) is 5.56 Å². The number of rotatable bonds is 8. The fraction of sp³-hybridized carbons (Fsp3) is 0.632. The molecule has 1 aromatic carbocycles. The number of ether oxygens (including phenoxy) is 1. The first kappa shape index (κ1) is 18.3. The van der Waals surface area contributed by atoms with E-state index in [1.54, 1.807) is 0 Å². The van der Waals surface area contributed by atoms with Crippen LogP contribution in [0.5, 0.6) is 0 Å². The van der Waals surface area contributed by atoms with E-state index in [0.717, 1.165) is 18.4 Å². The molecule has 0 bridgehead atoms. The molecule has 0 radical (unpaired) electrons. The molecule has 1 saturated heterocycles. The van der Waals surface area contributed by atoms with Crippen molar-refractivity contribution in [1.29, 1.82) is 0 Å². The van der Waals surface area contributed by atoms with Gasteiger partial charge in [-0.25, -0.2) is 0 Å². The number of hydrogen-bond acceptors (Lipinski definition) is 2. The topological polar surface area (TPSA) is 29.5 Å². The molecule has 1 aromatic rings. The summed E-state index contributed by atoms with van der Waals surface area (Å²) in [6.07, 6.45) is 2.21. The Bertz CT molecular complexity index is 529. The number of carbonyl (C=O) groups is 1. The van der Waals surface area contributed by atoms with Gasteiger partial charge in [0, 0.05) is 13.2 Å². The molecule has 23 heavy (non-hydrogen) atoms. The maximum atomic E-state index is 12.4. The van der Waals surface area contributed by atoms with E-state index in [0.29, 0.717) is 19.8 Å². The van der Waals surface area contributed by atoms with E-state index in [1.807, 2.05) is 11.8 Å². The second-order valence-electron chi connectivity index (χ2n) is 6.48. The predicted molar refractivity (Wildman–Crippen MR) is 94.8 cm³/mol. The highest BCUT2D eigenvalue weighted by molar-refractivity contribution is 6.34. The van der Waals surface area contributed by atoms with Gasteiger partial charge in [-0.1, -0.05) is 51.5 Å². The molecule has 2 rings (SSSR count). The molecule has 0 spiro atoms. The summed E-state index contributed by atoms with van der Waals surface area (Å²) in [5, 5.41) is -0.499. The highest BCUT2D eigenvalue weighted by Crippen LogP contribution is 2.50. The predicted octanol–water partition coefficient (Wildman–Crippen LogP) is 3.98. The average Bonchev–Trinajstić information content (AvgIpc) is 2.54. The molecular weight excluding hydrogens is 310 g/mol. The van der Waals surface area contributed by atoms with Gasteiger partial charge in [-0.2, -0.15) is 0 Å². The Hall–Kier alpha value is -1.06. The molecule has 1 amide bonds. The van der Waals surface area contributed by atoms with Crippen LogP contribution >= 0.6 is 11.6 Å². The molecule has 1 aliphatic rings. The second-order valence-corrected chi connectivity index (χ2v) is 6.91. The smallest absolute Gasteiger partial charge is 0.244 e. The molecule has 0 aromatic heterocycles. The number of aryl methyl sites for hydroxylation is 1. The first-order chi connectivity index (χ1) is 11.0. The molecule has 128 valence electrons. The van der Waals surface area contributed by atoms with Crippen LogP contribution in [-0.4, -0.2) is 35.9 Å². The van der Waals surface area contributed by atoms with E-state index in [-0.39, 0.29) is 11.8 Å². The van der Waals surface area contributed by atoms with Crippen molar-refractivity contribution in [2.45, 2.75) is 51.5 Å².